The van der Waals surface area contributed by atoms with Crippen LogP contribution in [0.15, 0.2) is 16.7 Å². The highest BCUT2D eigenvalue weighted by Crippen LogP contribution is 2.10. The van der Waals surface area contributed by atoms with Gasteiger partial charge in [-0.1, -0.05) is 6.42 Å². The van der Waals surface area contributed by atoms with Gasteiger partial charge in [-0.3, -0.25) is 0 Å². The van der Waals surface area contributed by atoms with Gasteiger partial charge >= 0.3 is 0 Å². The lowest BCUT2D eigenvalue weighted by atomic mass is 10.1. The van der Waals surface area contributed by atoms with E-state index in [-0.39, 0.29) is 0 Å². The van der Waals surface area contributed by atoms with Crippen LogP contribution in [-0.2, 0) is 6.54 Å². The van der Waals surface area contributed by atoms with E-state index >= 15 is 0 Å². The van der Waals surface area contributed by atoms with Gasteiger partial charge in [-0.25, -0.2) is 0 Å². The smallest absolute Gasteiger partial charge is 0.105 e. The Kier molecular flexibility index (Phi) is 4.63. The maximum absolute atomic E-state index is 5.30. The van der Waals surface area contributed by atoms with E-state index in [1.807, 2.05) is 6.92 Å². The minimum absolute atomic E-state index is 0.544. The van der Waals surface area contributed by atoms with Crippen LogP contribution in [0.3, 0.4) is 0 Å². The van der Waals surface area contributed by atoms with Crippen molar-refractivity contribution in [2.24, 2.45) is 0 Å². The summed E-state index contributed by atoms with van der Waals surface area (Å²) in [5.74, 6) is 1.03. The molecule has 0 amide bonds. The Hall–Kier alpha value is -0.800. The van der Waals surface area contributed by atoms with Crippen LogP contribution < -0.4 is 5.32 Å². The Labute approximate surface area is 104 Å². The summed E-state index contributed by atoms with van der Waals surface area (Å²) in [7, 11) is 0. The van der Waals surface area contributed by atoms with Crippen LogP contribution in [0.4, 0.5) is 0 Å². The topological polar surface area (TPSA) is 28.4 Å². The average molecular weight is 236 g/mol. The minimum Gasteiger partial charge on any atom is -0.469 e. The summed E-state index contributed by atoms with van der Waals surface area (Å²) < 4.78 is 5.30. The molecule has 1 aliphatic rings. The van der Waals surface area contributed by atoms with Crippen molar-refractivity contribution < 1.29 is 4.42 Å². The largest absolute Gasteiger partial charge is 0.469 e. The molecular formula is C14H24N2O. The van der Waals surface area contributed by atoms with Crippen LogP contribution >= 0.6 is 0 Å². The van der Waals surface area contributed by atoms with E-state index in [2.05, 4.69) is 23.2 Å². The van der Waals surface area contributed by atoms with Crippen LogP contribution in [0.2, 0.25) is 0 Å². The lowest BCUT2D eigenvalue weighted by Gasteiger charge is -2.29. The standard InChI is InChI=1S/C14H24N2O/c1-12(11-16-7-4-3-5-8-16)15-10-14-6-9-17-13(14)2/h6,9,12,15H,3-5,7-8,10-11H2,1-2H3. The molecule has 0 radical (unpaired) electrons. The summed E-state index contributed by atoms with van der Waals surface area (Å²) >= 11 is 0. The predicted octanol–water partition coefficient (Wildman–Crippen LogP) is 2.55. The van der Waals surface area contributed by atoms with Crippen LogP contribution in [0.5, 0.6) is 0 Å². The van der Waals surface area contributed by atoms with Gasteiger partial charge in [0, 0.05) is 24.7 Å². The zero-order chi connectivity index (χ0) is 12.1. The maximum Gasteiger partial charge on any atom is 0.105 e. The van der Waals surface area contributed by atoms with E-state index in [9.17, 15) is 0 Å². The second-order valence-corrected chi connectivity index (χ2v) is 5.15. The number of aryl methyl sites for hydroxylation is 1. The number of nitrogens with one attached hydrogen (secondary N) is 1. The third-order valence-electron chi connectivity index (χ3n) is 3.59. The molecule has 2 heterocycles. The molecule has 96 valence electrons. The van der Waals surface area contributed by atoms with Crippen molar-refractivity contribution in [3.05, 3.63) is 23.7 Å². The third kappa shape index (κ3) is 3.86. The van der Waals surface area contributed by atoms with E-state index in [0.29, 0.717) is 6.04 Å². The molecule has 0 saturated carbocycles. The molecule has 0 aromatic carbocycles. The molecule has 1 aromatic heterocycles. The number of piperidine rings is 1. The van der Waals surface area contributed by atoms with Crippen LogP contribution in [0, 0.1) is 6.92 Å². The molecule has 1 atom stereocenters. The number of hydrogen-bond acceptors (Lipinski definition) is 3. The number of rotatable bonds is 5. The van der Waals surface area contributed by atoms with Crippen molar-refractivity contribution in [3.8, 4) is 0 Å². The number of likely N-dealkylation sites (tertiary alicyclic amines) is 1. The van der Waals surface area contributed by atoms with Crippen LogP contribution in [0.1, 0.15) is 37.5 Å². The molecule has 3 nitrogen and oxygen atoms in total. The van der Waals surface area contributed by atoms with Crippen LogP contribution in [-0.4, -0.2) is 30.6 Å². The van der Waals surface area contributed by atoms with Gasteiger partial charge in [-0.15, -0.1) is 0 Å². The Morgan fingerprint density at radius 1 is 1.35 bits per heavy atom. The number of nitrogens with zero attached hydrogens (tertiary/aromatic N) is 1. The van der Waals surface area contributed by atoms with Crippen LogP contribution in [0.25, 0.3) is 0 Å². The van der Waals surface area contributed by atoms with Crippen molar-refractivity contribution in [2.75, 3.05) is 19.6 Å². The quantitative estimate of drug-likeness (QED) is 0.851. The molecule has 1 aliphatic heterocycles. The van der Waals surface area contributed by atoms with Crippen molar-refractivity contribution in [1.29, 1.82) is 0 Å². The number of hydrogen-bond donors (Lipinski definition) is 1. The van der Waals surface area contributed by atoms with Crippen molar-refractivity contribution in [2.45, 2.75) is 45.7 Å². The fourth-order valence-corrected chi connectivity index (χ4v) is 2.47. The molecule has 1 fully saturated rings. The summed E-state index contributed by atoms with van der Waals surface area (Å²) in [6.45, 7) is 8.91. The van der Waals surface area contributed by atoms with Gasteiger partial charge in [-0.05, 0) is 45.8 Å². The summed E-state index contributed by atoms with van der Waals surface area (Å²) in [6.07, 6.45) is 5.91. The van der Waals surface area contributed by atoms with E-state index < -0.39 is 0 Å². The lowest BCUT2D eigenvalue weighted by Crippen LogP contribution is -2.41. The second-order valence-electron chi connectivity index (χ2n) is 5.15. The van der Waals surface area contributed by atoms with Gasteiger partial charge in [0.25, 0.3) is 0 Å². The molecule has 0 spiro atoms. The first kappa shape index (κ1) is 12.7. The lowest BCUT2D eigenvalue weighted by molar-refractivity contribution is 0.209. The van der Waals surface area contributed by atoms with E-state index in [1.165, 1.54) is 37.9 Å². The van der Waals surface area contributed by atoms with Gasteiger partial charge in [0.05, 0.1) is 6.26 Å². The molecule has 1 unspecified atom stereocenters. The minimum atomic E-state index is 0.544. The normalized spacial score (nSPS) is 19.4. The van der Waals surface area contributed by atoms with Crippen molar-refractivity contribution in [1.82, 2.24) is 10.2 Å². The fourth-order valence-electron chi connectivity index (χ4n) is 2.47. The summed E-state index contributed by atoms with van der Waals surface area (Å²) in [4.78, 5) is 2.57. The maximum atomic E-state index is 5.30. The second kappa shape index (κ2) is 6.22. The average Bonchev–Trinajstić information content (AvgIpc) is 2.74. The SMILES string of the molecule is Cc1occc1CNC(C)CN1CCCCC1. The molecule has 0 aliphatic carbocycles. The molecule has 1 N–H and O–H groups in total. The monoisotopic (exact) mass is 236 g/mol. The van der Waals surface area contributed by atoms with Crippen molar-refractivity contribution in [3.63, 3.8) is 0 Å². The summed E-state index contributed by atoms with van der Waals surface area (Å²) in [5.41, 5.74) is 1.27. The van der Waals surface area contributed by atoms with Gasteiger partial charge < -0.3 is 14.6 Å². The molecule has 0 bridgehead atoms. The van der Waals surface area contributed by atoms with Gasteiger partial charge in [0.1, 0.15) is 5.76 Å². The Bertz CT molecular complexity index is 329. The highest BCUT2D eigenvalue weighted by molar-refractivity contribution is 5.14. The first-order chi connectivity index (χ1) is 8.25. The highest BCUT2D eigenvalue weighted by atomic mass is 16.3. The molecular weight excluding hydrogens is 212 g/mol. The zero-order valence-corrected chi connectivity index (χ0v) is 11.0. The molecule has 3 heteroatoms. The molecule has 1 saturated heterocycles. The zero-order valence-electron chi connectivity index (χ0n) is 11.0. The molecule has 1 aromatic rings. The highest BCUT2D eigenvalue weighted by Gasteiger charge is 2.13. The molecule has 17 heavy (non-hydrogen) atoms. The fraction of sp³-hybridized carbons (Fsp3) is 0.714. The first-order valence-electron chi connectivity index (χ1n) is 6.74. The first-order valence-corrected chi connectivity index (χ1v) is 6.74. The Balaban J connectivity index is 1.70. The summed E-state index contributed by atoms with van der Waals surface area (Å²) in [6, 6.07) is 2.60. The third-order valence-corrected chi connectivity index (χ3v) is 3.59. The van der Waals surface area contributed by atoms with E-state index in [1.54, 1.807) is 6.26 Å². The van der Waals surface area contributed by atoms with Gasteiger partial charge in [-0.2, -0.15) is 0 Å². The van der Waals surface area contributed by atoms with Gasteiger partial charge in [0.2, 0.25) is 0 Å². The van der Waals surface area contributed by atoms with E-state index in [0.717, 1.165) is 18.8 Å². The number of furan rings is 1. The summed E-state index contributed by atoms with van der Waals surface area (Å²) in [5, 5.41) is 3.57. The molecule has 2 rings (SSSR count). The van der Waals surface area contributed by atoms with Gasteiger partial charge in [0.15, 0.2) is 0 Å². The predicted molar refractivity (Wildman–Crippen MR) is 70.0 cm³/mol. The Morgan fingerprint density at radius 2 is 2.12 bits per heavy atom. The van der Waals surface area contributed by atoms with Crippen molar-refractivity contribution >= 4 is 0 Å². The Morgan fingerprint density at radius 3 is 2.76 bits per heavy atom. The van der Waals surface area contributed by atoms with E-state index in [4.69, 9.17) is 4.42 Å².